The van der Waals surface area contributed by atoms with E-state index in [0.29, 0.717) is 19.7 Å². The van der Waals surface area contributed by atoms with Gasteiger partial charge in [0.05, 0.1) is 19.0 Å². The minimum atomic E-state index is -3.34. The summed E-state index contributed by atoms with van der Waals surface area (Å²) in [6.07, 6.45) is 6.32. The van der Waals surface area contributed by atoms with Gasteiger partial charge in [0.25, 0.3) is 0 Å². The first-order valence-electron chi connectivity index (χ1n) is 10.6. The van der Waals surface area contributed by atoms with Crippen molar-refractivity contribution >= 4 is 10.0 Å². The highest BCUT2D eigenvalue weighted by Gasteiger charge is 2.32. The Morgan fingerprint density at radius 1 is 1.03 bits per heavy atom. The van der Waals surface area contributed by atoms with Crippen LogP contribution in [0.5, 0.6) is 0 Å². The summed E-state index contributed by atoms with van der Waals surface area (Å²) in [6.45, 7) is 2.68. The second-order valence-electron chi connectivity index (χ2n) is 7.99. The van der Waals surface area contributed by atoms with E-state index in [-0.39, 0.29) is 18.3 Å². The van der Waals surface area contributed by atoms with Crippen molar-refractivity contribution in [1.82, 2.24) is 19.1 Å². The van der Waals surface area contributed by atoms with Crippen molar-refractivity contribution in [3.05, 3.63) is 47.5 Å². The van der Waals surface area contributed by atoms with Crippen LogP contribution in [-0.4, -0.2) is 52.9 Å². The van der Waals surface area contributed by atoms with Gasteiger partial charge in [-0.25, -0.2) is 12.7 Å². The summed E-state index contributed by atoms with van der Waals surface area (Å²) >= 11 is 0. The van der Waals surface area contributed by atoms with Gasteiger partial charge in [0.15, 0.2) is 0 Å². The molecule has 0 saturated carbocycles. The fourth-order valence-electron chi connectivity index (χ4n) is 4.27. The molecule has 0 spiro atoms. The second-order valence-corrected chi connectivity index (χ2v) is 10.1. The minimum absolute atomic E-state index is 0.0183. The molecule has 2 aliphatic heterocycles. The van der Waals surface area contributed by atoms with Gasteiger partial charge in [-0.3, -0.25) is 0 Å². The molecule has 1 fully saturated rings. The van der Waals surface area contributed by atoms with Gasteiger partial charge in [0, 0.05) is 32.0 Å². The van der Waals surface area contributed by atoms with Crippen molar-refractivity contribution in [3.8, 4) is 0 Å². The molecule has 158 valence electrons. The molecule has 3 heterocycles. The maximum atomic E-state index is 12.9. The van der Waals surface area contributed by atoms with Crippen molar-refractivity contribution in [2.24, 2.45) is 0 Å². The van der Waals surface area contributed by atoms with Crippen molar-refractivity contribution in [1.29, 1.82) is 0 Å². The second kappa shape index (κ2) is 9.36. The first kappa shape index (κ1) is 20.5. The number of aryl methyl sites for hydroxylation is 1. The molecule has 0 bridgehead atoms. The van der Waals surface area contributed by atoms with E-state index in [1.54, 1.807) is 4.31 Å². The van der Waals surface area contributed by atoms with Gasteiger partial charge < -0.3 is 9.30 Å². The molecule has 1 atom stereocenters. The van der Waals surface area contributed by atoms with Gasteiger partial charge in [-0.15, -0.1) is 10.2 Å². The summed E-state index contributed by atoms with van der Waals surface area (Å²) in [6, 6.07) is 9.81. The Labute approximate surface area is 173 Å². The number of nitrogens with zero attached hydrogens (tertiary/aromatic N) is 4. The predicted molar refractivity (Wildman–Crippen MR) is 111 cm³/mol. The molecule has 1 aromatic heterocycles. The van der Waals surface area contributed by atoms with E-state index < -0.39 is 10.0 Å². The van der Waals surface area contributed by atoms with Gasteiger partial charge in [0.1, 0.15) is 11.6 Å². The smallest absolute Gasteiger partial charge is 0.216 e. The first-order valence-corrected chi connectivity index (χ1v) is 12.3. The third-order valence-corrected chi connectivity index (χ3v) is 7.68. The molecule has 7 nitrogen and oxygen atoms in total. The standard InChI is InChI=1S/C21H30N4O3S/c26-29(27,15-14-28-17-18-8-3-1-4-9-18)24-12-7-10-19(16-24)21-23-22-20-11-5-2-6-13-25(20)21/h1,3-4,8-9,19H,2,5-7,10-17H2. The molecule has 8 heteroatoms. The normalized spacial score (nSPS) is 20.9. The average molecular weight is 419 g/mol. The summed E-state index contributed by atoms with van der Waals surface area (Å²) in [7, 11) is -3.34. The Bertz CT molecular complexity index is 898. The molecular weight excluding hydrogens is 388 g/mol. The van der Waals surface area contributed by atoms with Crippen molar-refractivity contribution < 1.29 is 13.2 Å². The molecule has 2 aliphatic rings. The van der Waals surface area contributed by atoms with Crippen molar-refractivity contribution in [3.63, 3.8) is 0 Å². The van der Waals surface area contributed by atoms with Gasteiger partial charge >= 0.3 is 0 Å². The highest BCUT2D eigenvalue weighted by atomic mass is 32.2. The quantitative estimate of drug-likeness (QED) is 0.646. The molecule has 0 radical (unpaired) electrons. The fraction of sp³-hybridized carbons (Fsp3) is 0.619. The number of piperidine rings is 1. The number of fused-ring (bicyclic) bond motifs is 1. The summed E-state index contributed by atoms with van der Waals surface area (Å²) in [5.41, 5.74) is 1.05. The Morgan fingerprint density at radius 3 is 2.76 bits per heavy atom. The van der Waals surface area contributed by atoms with Crippen LogP contribution in [0.2, 0.25) is 0 Å². The zero-order valence-corrected chi connectivity index (χ0v) is 17.7. The minimum Gasteiger partial charge on any atom is -0.376 e. The topological polar surface area (TPSA) is 77.3 Å². The third-order valence-electron chi connectivity index (χ3n) is 5.88. The Kier molecular flexibility index (Phi) is 6.62. The Balaban J connectivity index is 1.34. The van der Waals surface area contributed by atoms with Gasteiger partial charge in [-0.1, -0.05) is 36.8 Å². The van der Waals surface area contributed by atoms with E-state index in [0.717, 1.165) is 55.9 Å². The van der Waals surface area contributed by atoms with Crippen LogP contribution in [0.15, 0.2) is 30.3 Å². The Hall–Kier alpha value is -1.77. The van der Waals surface area contributed by atoms with Crippen LogP contribution in [0.1, 0.15) is 55.2 Å². The van der Waals surface area contributed by atoms with E-state index in [4.69, 9.17) is 4.74 Å². The lowest BCUT2D eigenvalue weighted by Crippen LogP contribution is -2.41. The number of hydrogen-bond donors (Lipinski definition) is 0. The maximum Gasteiger partial charge on any atom is 0.216 e. The van der Waals surface area contributed by atoms with Gasteiger partial charge in [-0.2, -0.15) is 0 Å². The number of rotatable bonds is 7. The molecule has 0 aliphatic carbocycles. The van der Waals surface area contributed by atoms with Gasteiger partial charge in [-0.05, 0) is 31.2 Å². The lowest BCUT2D eigenvalue weighted by Gasteiger charge is -2.31. The van der Waals surface area contributed by atoms with Crippen LogP contribution in [0.25, 0.3) is 0 Å². The third kappa shape index (κ3) is 5.05. The highest BCUT2D eigenvalue weighted by molar-refractivity contribution is 7.89. The Morgan fingerprint density at radius 2 is 1.90 bits per heavy atom. The molecule has 0 N–H and O–H groups in total. The summed E-state index contributed by atoms with van der Waals surface area (Å²) in [5.74, 6) is 2.18. The number of sulfonamides is 1. The zero-order valence-electron chi connectivity index (χ0n) is 16.9. The SMILES string of the molecule is O=S(=O)(CCOCc1ccccc1)N1CCCC(c2nnc3n2CCCCC3)C1. The van der Waals surface area contributed by atoms with E-state index >= 15 is 0 Å². The summed E-state index contributed by atoms with van der Waals surface area (Å²) in [5, 5.41) is 8.85. The van der Waals surface area contributed by atoms with E-state index in [2.05, 4.69) is 14.8 Å². The van der Waals surface area contributed by atoms with Crippen LogP contribution in [0.3, 0.4) is 0 Å². The van der Waals surface area contributed by atoms with Crippen LogP contribution >= 0.6 is 0 Å². The zero-order chi connectivity index (χ0) is 20.1. The van der Waals surface area contributed by atoms with Gasteiger partial charge in [0.2, 0.25) is 10.0 Å². The van der Waals surface area contributed by atoms with E-state index in [9.17, 15) is 8.42 Å². The summed E-state index contributed by atoms with van der Waals surface area (Å²) in [4.78, 5) is 0. The maximum absolute atomic E-state index is 12.9. The molecular formula is C21H30N4O3S. The molecule has 4 rings (SSSR count). The number of benzene rings is 1. The highest BCUT2D eigenvalue weighted by Crippen LogP contribution is 2.29. The van der Waals surface area contributed by atoms with Crippen LogP contribution in [0, 0.1) is 0 Å². The lowest BCUT2D eigenvalue weighted by molar-refractivity contribution is 0.134. The monoisotopic (exact) mass is 418 g/mol. The number of ether oxygens (including phenoxy) is 1. The molecule has 0 amide bonds. The fourth-order valence-corrected chi connectivity index (χ4v) is 5.67. The number of aromatic nitrogens is 3. The predicted octanol–water partition coefficient (Wildman–Crippen LogP) is 2.73. The van der Waals surface area contributed by atoms with Crippen LogP contribution in [-0.2, 0) is 34.3 Å². The molecule has 1 unspecified atom stereocenters. The van der Waals surface area contributed by atoms with Crippen LogP contribution in [0.4, 0.5) is 0 Å². The van der Waals surface area contributed by atoms with E-state index in [1.807, 2.05) is 30.3 Å². The molecule has 2 aromatic rings. The van der Waals surface area contributed by atoms with Crippen molar-refractivity contribution in [2.75, 3.05) is 25.4 Å². The first-order chi connectivity index (χ1) is 14.1. The largest absolute Gasteiger partial charge is 0.376 e. The van der Waals surface area contributed by atoms with E-state index in [1.165, 1.54) is 6.42 Å². The van der Waals surface area contributed by atoms with Crippen molar-refractivity contribution in [2.45, 2.75) is 57.6 Å². The lowest BCUT2D eigenvalue weighted by atomic mass is 9.99. The molecule has 1 saturated heterocycles. The number of hydrogen-bond acceptors (Lipinski definition) is 5. The molecule has 29 heavy (non-hydrogen) atoms. The molecule has 1 aromatic carbocycles. The average Bonchev–Trinajstić information content (AvgIpc) is 3.00. The summed E-state index contributed by atoms with van der Waals surface area (Å²) < 4.78 is 35.2. The van der Waals surface area contributed by atoms with Crippen LogP contribution < -0.4 is 0 Å².